The summed E-state index contributed by atoms with van der Waals surface area (Å²) >= 11 is 3.38. The predicted molar refractivity (Wildman–Crippen MR) is 65.3 cm³/mol. The fourth-order valence-corrected chi connectivity index (χ4v) is 1.75. The number of benzene rings is 1. The summed E-state index contributed by atoms with van der Waals surface area (Å²) < 4.78 is 2.89. The highest BCUT2D eigenvalue weighted by Crippen LogP contribution is 2.18. The van der Waals surface area contributed by atoms with E-state index in [9.17, 15) is 0 Å². The molecule has 0 fully saturated rings. The van der Waals surface area contributed by atoms with Crippen LogP contribution in [0.5, 0.6) is 0 Å². The number of imidazole rings is 1. The van der Waals surface area contributed by atoms with Gasteiger partial charge in [-0.2, -0.15) is 0 Å². The molecule has 1 aromatic heterocycles. The summed E-state index contributed by atoms with van der Waals surface area (Å²) in [6, 6.07) is 7.40. The van der Waals surface area contributed by atoms with Crippen LogP contribution in [0, 0.1) is 0 Å². The second-order valence-electron chi connectivity index (χ2n) is 3.45. The van der Waals surface area contributed by atoms with Crippen LogP contribution in [-0.2, 0) is 0 Å². The minimum absolute atomic E-state index is 0.0950. The number of rotatable bonds is 3. The molecule has 0 aliphatic rings. The predicted octanol–water partition coefficient (Wildman–Crippen LogP) is 1.63. The molecule has 0 aliphatic carbocycles. The van der Waals surface area contributed by atoms with Crippen molar-refractivity contribution in [2.75, 3.05) is 6.61 Å². The van der Waals surface area contributed by atoms with Crippen molar-refractivity contribution in [2.24, 2.45) is 5.73 Å². The van der Waals surface area contributed by atoms with E-state index in [2.05, 4.69) is 20.9 Å². The SMILES string of the molecule is NC(CO)c1cncn1-c1ccc(Br)cc1. The third-order valence-electron chi connectivity index (χ3n) is 2.35. The first-order chi connectivity index (χ1) is 7.72. The van der Waals surface area contributed by atoms with Gasteiger partial charge in [0, 0.05) is 10.2 Å². The Bertz CT molecular complexity index is 466. The number of aliphatic hydroxyl groups excluding tert-OH is 1. The van der Waals surface area contributed by atoms with Crippen LogP contribution >= 0.6 is 15.9 Å². The van der Waals surface area contributed by atoms with Crippen molar-refractivity contribution in [1.82, 2.24) is 9.55 Å². The van der Waals surface area contributed by atoms with Gasteiger partial charge in [0.25, 0.3) is 0 Å². The van der Waals surface area contributed by atoms with Gasteiger partial charge in [-0.1, -0.05) is 15.9 Å². The quantitative estimate of drug-likeness (QED) is 0.899. The van der Waals surface area contributed by atoms with E-state index < -0.39 is 6.04 Å². The maximum atomic E-state index is 9.05. The number of hydrogen-bond donors (Lipinski definition) is 2. The third-order valence-corrected chi connectivity index (χ3v) is 2.88. The molecular formula is C11H12BrN3O. The maximum Gasteiger partial charge on any atom is 0.0994 e. The van der Waals surface area contributed by atoms with Gasteiger partial charge in [-0.15, -0.1) is 0 Å². The van der Waals surface area contributed by atoms with Crippen LogP contribution in [0.3, 0.4) is 0 Å². The number of hydrogen-bond acceptors (Lipinski definition) is 3. The lowest BCUT2D eigenvalue weighted by molar-refractivity contribution is 0.265. The fourth-order valence-electron chi connectivity index (χ4n) is 1.49. The second-order valence-corrected chi connectivity index (χ2v) is 4.37. The van der Waals surface area contributed by atoms with E-state index in [1.165, 1.54) is 0 Å². The van der Waals surface area contributed by atoms with E-state index in [-0.39, 0.29) is 6.61 Å². The zero-order valence-corrected chi connectivity index (χ0v) is 10.1. The molecular weight excluding hydrogens is 270 g/mol. The molecule has 0 spiro atoms. The van der Waals surface area contributed by atoms with E-state index in [0.717, 1.165) is 15.9 Å². The first-order valence-corrected chi connectivity index (χ1v) is 5.66. The number of aromatic nitrogens is 2. The standard InChI is InChI=1S/C11H12BrN3O/c12-8-1-3-9(4-2-8)15-7-14-5-11(15)10(13)6-16/h1-5,7,10,16H,6,13H2. The van der Waals surface area contributed by atoms with Gasteiger partial charge in [0.2, 0.25) is 0 Å². The molecule has 0 saturated carbocycles. The Morgan fingerprint density at radius 2 is 2.06 bits per heavy atom. The maximum absolute atomic E-state index is 9.05. The van der Waals surface area contributed by atoms with Crippen molar-refractivity contribution >= 4 is 15.9 Å². The van der Waals surface area contributed by atoms with Crippen molar-refractivity contribution in [1.29, 1.82) is 0 Å². The summed E-state index contributed by atoms with van der Waals surface area (Å²) in [6.07, 6.45) is 3.36. The van der Waals surface area contributed by atoms with Gasteiger partial charge in [-0.05, 0) is 24.3 Å². The van der Waals surface area contributed by atoms with Crippen molar-refractivity contribution in [3.8, 4) is 5.69 Å². The van der Waals surface area contributed by atoms with Crippen LogP contribution in [0.1, 0.15) is 11.7 Å². The molecule has 16 heavy (non-hydrogen) atoms. The minimum atomic E-state index is -0.411. The summed E-state index contributed by atoms with van der Waals surface area (Å²) in [4.78, 5) is 4.05. The fraction of sp³-hybridized carbons (Fsp3) is 0.182. The average Bonchev–Trinajstić information content (AvgIpc) is 2.78. The van der Waals surface area contributed by atoms with Crippen LogP contribution in [0.4, 0.5) is 0 Å². The van der Waals surface area contributed by atoms with Gasteiger partial charge in [0.15, 0.2) is 0 Å². The van der Waals surface area contributed by atoms with Crippen LogP contribution in [0.15, 0.2) is 41.3 Å². The Morgan fingerprint density at radius 1 is 1.38 bits per heavy atom. The van der Waals surface area contributed by atoms with Crippen LogP contribution < -0.4 is 5.73 Å². The molecule has 1 unspecified atom stereocenters. The molecule has 1 aromatic carbocycles. The van der Waals surface area contributed by atoms with Crippen molar-refractivity contribution in [2.45, 2.75) is 6.04 Å². The van der Waals surface area contributed by atoms with E-state index in [1.807, 2.05) is 28.8 Å². The summed E-state index contributed by atoms with van der Waals surface area (Å²) in [5, 5.41) is 9.05. The molecule has 0 bridgehead atoms. The molecule has 5 heteroatoms. The van der Waals surface area contributed by atoms with Crippen LogP contribution in [0.2, 0.25) is 0 Å². The molecule has 0 amide bonds. The Kier molecular flexibility index (Phi) is 3.38. The molecule has 0 saturated heterocycles. The molecule has 0 aliphatic heterocycles. The summed E-state index contributed by atoms with van der Waals surface area (Å²) in [7, 11) is 0. The molecule has 2 aromatic rings. The topological polar surface area (TPSA) is 64.1 Å². The van der Waals surface area contributed by atoms with Gasteiger partial charge >= 0.3 is 0 Å². The highest BCUT2D eigenvalue weighted by atomic mass is 79.9. The molecule has 4 nitrogen and oxygen atoms in total. The van der Waals surface area contributed by atoms with Crippen molar-refractivity contribution < 1.29 is 5.11 Å². The van der Waals surface area contributed by atoms with E-state index in [1.54, 1.807) is 12.5 Å². The number of aliphatic hydroxyl groups is 1. The normalized spacial score (nSPS) is 12.7. The Hall–Kier alpha value is -1.17. The Balaban J connectivity index is 2.40. The lowest BCUT2D eigenvalue weighted by atomic mass is 10.2. The zero-order valence-electron chi connectivity index (χ0n) is 8.55. The smallest absolute Gasteiger partial charge is 0.0994 e. The zero-order chi connectivity index (χ0) is 11.5. The lowest BCUT2D eigenvalue weighted by Crippen LogP contribution is -2.17. The van der Waals surface area contributed by atoms with Gasteiger partial charge in [0.05, 0.1) is 30.9 Å². The first-order valence-electron chi connectivity index (χ1n) is 4.87. The monoisotopic (exact) mass is 281 g/mol. The van der Waals surface area contributed by atoms with Crippen molar-refractivity contribution in [3.05, 3.63) is 47.0 Å². The third kappa shape index (κ3) is 2.16. The number of nitrogens with zero attached hydrogens (tertiary/aromatic N) is 2. The largest absolute Gasteiger partial charge is 0.394 e. The van der Waals surface area contributed by atoms with Crippen molar-refractivity contribution in [3.63, 3.8) is 0 Å². The molecule has 1 heterocycles. The van der Waals surface area contributed by atoms with E-state index in [4.69, 9.17) is 10.8 Å². The first kappa shape index (κ1) is 11.3. The number of nitrogens with two attached hydrogens (primary N) is 1. The minimum Gasteiger partial charge on any atom is -0.394 e. The molecule has 2 rings (SSSR count). The van der Waals surface area contributed by atoms with Crippen LogP contribution in [0.25, 0.3) is 5.69 Å². The highest BCUT2D eigenvalue weighted by molar-refractivity contribution is 9.10. The van der Waals surface area contributed by atoms with E-state index in [0.29, 0.717) is 0 Å². The molecule has 0 radical (unpaired) electrons. The van der Waals surface area contributed by atoms with Gasteiger partial charge < -0.3 is 15.4 Å². The van der Waals surface area contributed by atoms with Gasteiger partial charge in [-0.3, -0.25) is 0 Å². The number of halogens is 1. The molecule has 3 N–H and O–H groups in total. The summed E-state index contributed by atoms with van der Waals surface area (Å²) in [5.41, 5.74) is 7.55. The van der Waals surface area contributed by atoms with Gasteiger partial charge in [-0.25, -0.2) is 4.98 Å². The molecule has 1 atom stereocenters. The molecule has 84 valence electrons. The lowest BCUT2D eigenvalue weighted by Gasteiger charge is -2.12. The highest BCUT2D eigenvalue weighted by Gasteiger charge is 2.11. The summed E-state index contributed by atoms with van der Waals surface area (Å²) in [5.74, 6) is 0. The van der Waals surface area contributed by atoms with Crippen LogP contribution in [-0.4, -0.2) is 21.3 Å². The Labute approximate surface area is 102 Å². The average molecular weight is 282 g/mol. The Morgan fingerprint density at radius 3 is 2.69 bits per heavy atom. The van der Waals surface area contributed by atoms with E-state index >= 15 is 0 Å². The second kappa shape index (κ2) is 4.78. The summed E-state index contributed by atoms with van der Waals surface area (Å²) in [6.45, 7) is -0.0950. The van der Waals surface area contributed by atoms with Gasteiger partial charge in [0.1, 0.15) is 0 Å².